The molecule has 1 nitrogen and oxygen atoms in total. The van der Waals surface area contributed by atoms with Crippen molar-refractivity contribution < 1.29 is 0 Å². The molecule has 19 heavy (non-hydrogen) atoms. The largest absolute Gasteiger partial charge is 0.316 e. The van der Waals surface area contributed by atoms with Crippen LogP contribution in [-0.2, 0) is 11.8 Å². The molecule has 1 unspecified atom stereocenters. The maximum Gasteiger partial charge on any atom is 0.00805 e. The zero-order valence-corrected chi connectivity index (χ0v) is 12.8. The van der Waals surface area contributed by atoms with Crippen molar-refractivity contribution in [3.63, 3.8) is 0 Å². The first kappa shape index (κ1) is 14.6. The molecule has 1 aliphatic carbocycles. The van der Waals surface area contributed by atoms with Crippen molar-refractivity contribution in [2.45, 2.75) is 58.3 Å². The Labute approximate surface area is 118 Å². The lowest BCUT2D eigenvalue weighted by molar-refractivity contribution is 0.308. The van der Waals surface area contributed by atoms with Crippen molar-refractivity contribution in [3.8, 4) is 0 Å². The summed E-state index contributed by atoms with van der Waals surface area (Å²) in [6.45, 7) is 9.17. The molecular formula is C18H29N. The van der Waals surface area contributed by atoms with Crippen molar-refractivity contribution in [2.24, 2.45) is 5.92 Å². The highest BCUT2D eigenvalue weighted by Gasteiger charge is 2.35. The Balaban J connectivity index is 2.19. The van der Waals surface area contributed by atoms with E-state index >= 15 is 0 Å². The van der Waals surface area contributed by atoms with Crippen LogP contribution in [0.1, 0.15) is 57.6 Å². The quantitative estimate of drug-likeness (QED) is 0.803. The Hall–Kier alpha value is -0.820. The van der Waals surface area contributed by atoms with E-state index in [-0.39, 0.29) is 0 Å². The van der Waals surface area contributed by atoms with Crippen molar-refractivity contribution >= 4 is 0 Å². The maximum absolute atomic E-state index is 3.72. The summed E-state index contributed by atoms with van der Waals surface area (Å²) >= 11 is 0. The van der Waals surface area contributed by atoms with Gasteiger partial charge in [-0.2, -0.15) is 0 Å². The van der Waals surface area contributed by atoms with E-state index in [0.717, 1.165) is 19.0 Å². The van der Waals surface area contributed by atoms with E-state index in [2.05, 4.69) is 50.4 Å². The molecule has 106 valence electrons. The number of hydrogen-bond donors (Lipinski definition) is 1. The standard InChI is InChI=1S/C18H29N/c1-4-11-18(14-19-13-15(2)3)12-7-9-16-8-5-6-10-17(16)18/h5-6,8,10,15,19H,4,7,9,11-14H2,1-3H3. The highest BCUT2D eigenvalue weighted by Crippen LogP contribution is 2.40. The second-order valence-corrected chi connectivity index (χ2v) is 6.57. The maximum atomic E-state index is 3.72. The van der Waals surface area contributed by atoms with Gasteiger partial charge < -0.3 is 5.32 Å². The lowest BCUT2D eigenvalue weighted by atomic mass is 9.67. The summed E-state index contributed by atoms with van der Waals surface area (Å²) in [5, 5.41) is 3.72. The summed E-state index contributed by atoms with van der Waals surface area (Å²) in [6.07, 6.45) is 6.56. The van der Waals surface area contributed by atoms with Crippen LogP contribution in [0, 0.1) is 5.92 Å². The average molecular weight is 259 g/mol. The van der Waals surface area contributed by atoms with Gasteiger partial charge in [-0.25, -0.2) is 0 Å². The number of hydrogen-bond acceptors (Lipinski definition) is 1. The van der Waals surface area contributed by atoms with E-state index in [4.69, 9.17) is 0 Å². The molecule has 1 aromatic carbocycles. The topological polar surface area (TPSA) is 12.0 Å². The fourth-order valence-corrected chi connectivity index (χ4v) is 3.62. The van der Waals surface area contributed by atoms with Gasteiger partial charge in [0, 0.05) is 12.0 Å². The lowest BCUT2D eigenvalue weighted by Crippen LogP contribution is -2.42. The van der Waals surface area contributed by atoms with Gasteiger partial charge in [0.25, 0.3) is 0 Å². The Kier molecular flexibility index (Phi) is 5.04. The first-order chi connectivity index (χ1) is 9.18. The zero-order valence-electron chi connectivity index (χ0n) is 12.8. The molecule has 0 fully saturated rings. The van der Waals surface area contributed by atoms with Crippen LogP contribution in [0.2, 0.25) is 0 Å². The number of rotatable bonds is 6. The van der Waals surface area contributed by atoms with E-state index in [1.807, 2.05) is 0 Å². The van der Waals surface area contributed by atoms with Gasteiger partial charge in [-0.05, 0) is 49.3 Å². The van der Waals surface area contributed by atoms with Crippen molar-refractivity contribution in [3.05, 3.63) is 35.4 Å². The second kappa shape index (κ2) is 6.56. The predicted octanol–water partition coefficient (Wildman–Crippen LogP) is 4.31. The van der Waals surface area contributed by atoms with Crippen molar-refractivity contribution in [1.29, 1.82) is 0 Å². The molecule has 1 heteroatoms. The molecule has 0 saturated heterocycles. The Morgan fingerprint density at radius 2 is 2.05 bits per heavy atom. The molecule has 2 rings (SSSR count). The highest BCUT2D eigenvalue weighted by molar-refractivity contribution is 5.37. The summed E-state index contributed by atoms with van der Waals surface area (Å²) < 4.78 is 0. The highest BCUT2D eigenvalue weighted by atomic mass is 14.9. The first-order valence-electron chi connectivity index (χ1n) is 7.97. The van der Waals surface area contributed by atoms with Crippen LogP contribution in [0.5, 0.6) is 0 Å². The van der Waals surface area contributed by atoms with E-state index < -0.39 is 0 Å². The van der Waals surface area contributed by atoms with Gasteiger partial charge in [-0.3, -0.25) is 0 Å². The van der Waals surface area contributed by atoms with Gasteiger partial charge in [0.15, 0.2) is 0 Å². The van der Waals surface area contributed by atoms with Gasteiger partial charge in [-0.15, -0.1) is 0 Å². The molecule has 0 bridgehead atoms. The molecule has 1 aromatic rings. The van der Waals surface area contributed by atoms with Crippen LogP contribution in [0.4, 0.5) is 0 Å². The van der Waals surface area contributed by atoms with Gasteiger partial charge >= 0.3 is 0 Å². The summed E-state index contributed by atoms with van der Waals surface area (Å²) in [5.41, 5.74) is 3.60. The Morgan fingerprint density at radius 1 is 1.26 bits per heavy atom. The third-order valence-electron chi connectivity index (χ3n) is 4.43. The molecule has 0 amide bonds. The van der Waals surface area contributed by atoms with Crippen LogP contribution in [0.15, 0.2) is 24.3 Å². The van der Waals surface area contributed by atoms with Gasteiger partial charge in [0.2, 0.25) is 0 Å². The molecule has 0 aromatic heterocycles. The van der Waals surface area contributed by atoms with Crippen LogP contribution in [0.25, 0.3) is 0 Å². The van der Waals surface area contributed by atoms with E-state index in [0.29, 0.717) is 5.41 Å². The van der Waals surface area contributed by atoms with Crippen LogP contribution >= 0.6 is 0 Å². The molecule has 0 radical (unpaired) electrons. The molecular weight excluding hydrogens is 230 g/mol. The molecule has 0 heterocycles. The molecule has 0 spiro atoms. The van der Waals surface area contributed by atoms with Crippen molar-refractivity contribution in [1.82, 2.24) is 5.32 Å². The van der Waals surface area contributed by atoms with Crippen molar-refractivity contribution in [2.75, 3.05) is 13.1 Å². The number of benzene rings is 1. The third kappa shape index (κ3) is 3.39. The van der Waals surface area contributed by atoms with Gasteiger partial charge in [0.1, 0.15) is 0 Å². The van der Waals surface area contributed by atoms with Gasteiger partial charge in [0.05, 0.1) is 0 Å². The summed E-state index contributed by atoms with van der Waals surface area (Å²) in [4.78, 5) is 0. The molecule has 0 aliphatic heterocycles. The molecule has 1 aliphatic rings. The average Bonchev–Trinajstić information content (AvgIpc) is 2.39. The van der Waals surface area contributed by atoms with E-state index in [1.165, 1.54) is 32.1 Å². The molecule has 0 saturated carbocycles. The minimum absolute atomic E-state index is 0.387. The number of aryl methyl sites for hydroxylation is 1. The number of fused-ring (bicyclic) bond motifs is 1. The summed E-state index contributed by atoms with van der Waals surface area (Å²) in [5.74, 6) is 0.734. The summed E-state index contributed by atoms with van der Waals surface area (Å²) in [7, 11) is 0. The fraction of sp³-hybridized carbons (Fsp3) is 0.667. The van der Waals surface area contributed by atoms with E-state index in [1.54, 1.807) is 11.1 Å². The SMILES string of the molecule is CCCC1(CNCC(C)C)CCCc2ccccc21. The van der Waals surface area contributed by atoms with E-state index in [9.17, 15) is 0 Å². The number of nitrogens with one attached hydrogen (secondary N) is 1. The Morgan fingerprint density at radius 3 is 2.79 bits per heavy atom. The zero-order chi connectivity index (χ0) is 13.7. The predicted molar refractivity (Wildman–Crippen MR) is 83.7 cm³/mol. The van der Waals surface area contributed by atoms with Crippen LogP contribution in [-0.4, -0.2) is 13.1 Å². The normalized spacial score (nSPS) is 22.5. The van der Waals surface area contributed by atoms with Gasteiger partial charge in [-0.1, -0.05) is 51.5 Å². The third-order valence-corrected chi connectivity index (χ3v) is 4.43. The molecule has 1 N–H and O–H groups in total. The summed E-state index contributed by atoms with van der Waals surface area (Å²) in [6, 6.07) is 9.13. The van der Waals surface area contributed by atoms with Crippen LogP contribution < -0.4 is 5.32 Å². The monoisotopic (exact) mass is 259 g/mol. The second-order valence-electron chi connectivity index (χ2n) is 6.57. The molecule has 1 atom stereocenters. The van der Waals surface area contributed by atoms with Crippen LogP contribution in [0.3, 0.4) is 0 Å². The first-order valence-corrected chi connectivity index (χ1v) is 7.97. The minimum atomic E-state index is 0.387. The minimum Gasteiger partial charge on any atom is -0.316 e. The smallest absolute Gasteiger partial charge is 0.00805 e. The fourth-order valence-electron chi connectivity index (χ4n) is 3.62. The Bertz CT molecular complexity index is 396. The lowest BCUT2D eigenvalue weighted by Gasteiger charge is -2.40.